The van der Waals surface area contributed by atoms with Gasteiger partial charge in [0.25, 0.3) is 0 Å². The molecule has 19 heavy (non-hydrogen) atoms. The van der Waals surface area contributed by atoms with Crippen LogP contribution < -0.4 is 10.6 Å². The van der Waals surface area contributed by atoms with Gasteiger partial charge in [0, 0.05) is 6.42 Å². The van der Waals surface area contributed by atoms with Crippen LogP contribution in [0.15, 0.2) is 0 Å². The molecule has 0 aromatic carbocycles. The van der Waals surface area contributed by atoms with Gasteiger partial charge in [-0.05, 0) is 5.92 Å². The van der Waals surface area contributed by atoms with E-state index in [1.807, 2.05) is 13.8 Å². The summed E-state index contributed by atoms with van der Waals surface area (Å²) in [6, 6.07) is -2.09. The van der Waals surface area contributed by atoms with Gasteiger partial charge >= 0.3 is 12.0 Å². The maximum absolute atomic E-state index is 11.5. The van der Waals surface area contributed by atoms with Crippen molar-refractivity contribution in [2.75, 3.05) is 11.9 Å². The molecule has 0 saturated heterocycles. The van der Waals surface area contributed by atoms with Crippen molar-refractivity contribution in [3.8, 4) is 0 Å². The monoisotopic (exact) mass is 288 g/mol. The lowest BCUT2D eigenvalue weighted by Crippen LogP contribution is -2.45. The molecule has 0 aliphatic rings. The van der Waals surface area contributed by atoms with Crippen molar-refractivity contribution >= 4 is 28.5 Å². The summed E-state index contributed by atoms with van der Waals surface area (Å²) in [6.45, 7) is 3.40. The first-order valence-electron chi connectivity index (χ1n) is 5.66. The summed E-state index contributed by atoms with van der Waals surface area (Å²) in [6.07, 6.45) is 0.759. The Labute approximate surface area is 113 Å². The number of aromatic nitrogens is 2. The number of aliphatic hydroxyl groups is 1. The Morgan fingerprint density at radius 2 is 2.05 bits per heavy atom. The summed E-state index contributed by atoms with van der Waals surface area (Å²) in [5.74, 6) is -0.879. The van der Waals surface area contributed by atoms with Crippen LogP contribution in [0, 0.1) is 5.92 Å². The lowest BCUT2D eigenvalue weighted by atomic mass is 10.1. The van der Waals surface area contributed by atoms with E-state index in [4.69, 9.17) is 10.2 Å². The molecular weight excluding hydrogens is 272 g/mol. The first kappa shape index (κ1) is 15.3. The van der Waals surface area contributed by atoms with Crippen LogP contribution in [0.2, 0.25) is 0 Å². The Bertz CT molecular complexity index is 448. The number of carboxylic acid groups (broad SMARTS) is 1. The predicted octanol–water partition coefficient (Wildman–Crippen LogP) is 0.304. The Balaban J connectivity index is 2.52. The normalized spacial score (nSPS) is 12.2. The van der Waals surface area contributed by atoms with E-state index in [2.05, 4.69) is 20.8 Å². The largest absolute Gasteiger partial charge is 0.480 e. The molecule has 0 fully saturated rings. The summed E-state index contributed by atoms with van der Waals surface area (Å²) in [4.78, 5) is 22.1. The second-order valence-corrected chi connectivity index (χ2v) is 5.33. The number of aliphatic carboxylic acids is 1. The molecule has 4 N–H and O–H groups in total. The lowest BCUT2D eigenvalue weighted by Gasteiger charge is -2.10. The van der Waals surface area contributed by atoms with Crippen LogP contribution in [0.5, 0.6) is 0 Å². The molecule has 1 rings (SSSR count). The van der Waals surface area contributed by atoms with Crippen molar-refractivity contribution in [1.82, 2.24) is 15.5 Å². The van der Waals surface area contributed by atoms with Gasteiger partial charge in [-0.1, -0.05) is 25.2 Å². The van der Waals surface area contributed by atoms with Crippen molar-refractivity contribution < 1.29 is 19.8 Å². The molecule has 1 heterocycles. The van der Waals surface area contributed by atoms with Crippen LogP contribution in [-0.2, 0) is 11.2 Å². The highest BCUT2D eigenvalue weighted by molar-refractivity contribution is 7.15. The number of nitrogens with zero attached hydrogens (tertiary/aromatic N) is 2. The zero-order valence-corrected chi connectivity index (χ0v) is 11.4. The molecule has 1 aromatic heterocycles. The first-order chi connectivity index (χ1) is 8.92. The van der Waals surface area contributed by atoms with Crippen molar-refractivity contribution in [3.63, 3.8) is 0 Å². The number of urea groups is 1. The Hall–Kier alpha value is -1.74. The van der Waals surface area contributed by atoms with Crippen molar-refractivity contribution in [2.45, 2.75) is 26.3 Å². The van der Waals surface area contributed by atoms with Gasteiger partial charge in [-0.2, -0.15) is 0 Å². The maximum atomic E-state index is 11.5. The maximum Gasteiger partial charge on any atom is 0.328 e. The van der Waals surface area contributed by atoms with Crippen LogP contribution >= 0.6 is 11.3 Å². The predicted molar refractivity (Wildman–Crippen MR) is 69.1 cm³/mol. The van der Waals surface area contributed by atoms with Crippen molar-refractivity contribution in [1.29, 1.82) is 0 Å². The number of carboxylic acids is 1. The first-order valence-corrected chi connectivity index (χ1v) is 6.47. The van der Waals surface area contributed by atoms with Gasteiger partial charge in [0.05, 0.1) is 6.61 Å². The van der Waals surface area contributed by atoms with E-state index >= 15 is 0 Å². The molecule has 0 bridgehead atoms. The number of rotatable bonds is 6. The topological polar surface area (TPSA) is 124 Å². The number of carbonyl (C=O) groups excluding carboxylic acids is 1. The van der Waals surface area contributed by atoms with Gasteiger partial charge in [-0.25, -0.2) is 9.59 Å². The Morgan fingerprint density at radius 1 is 1.37 bits per heavy atom. The number of hydrogen-bond donors (Lipinski definition) is 4. The average molecular weight is 288 g/mol. The third-order valence-electron chi connectivity index (χ3n) is 2.06. The van der Waals surface area contributed by atoms with Crippen molar-refractivity contribution in [3.05, 3.63) is 5.01 Å². The molecule has 106 valence electrons. The molecule has 0 spiro atoms. The average Bonchev–Trinajstić information content (AvgIpc) is 2.71. The van der Waals surface area contributed by atoms with Crippen LogP contribution in [0.1, 0.15) is 18.9 Å². The van der Waals surface area contributed by atoms with Crippen LogP contribution in [0.3, 0.4) is 0 Å². The zero-order valence-electron chi connectivity index (χ0n) is 10.6. The van der Waals surface area contributed by atoms with E-state index in [1.165, 1.54) is 11.3 Å². The molecular formula is C10H16N4O4S. The second kappa shape index (κ2) is 7.00. The number of nitrogens with one attached hydrogen (secondary N) is 2. The minimum atomic E-state index is -1.34. The number of anilines is 1. The third kappa shape index (κ3) is 5.18. The molecule has 0 radical (unpaired) electrons. The van der Waals surface area contributed by atoms with Gasteiger partial charge in [0.2, 0.25) is 5.13 Å². The molecule has 0 aliphatic heterocycles. The van der Waals surface area contributed by atoms with Crippen LogP contribution in [0.25, 0.3) is 0 Å². The lowest BCUT2D eigenvalue weighted by molar-refractivity contribution is -0.140. The smallest absolute Gasteiger partial charge is 0.328 e. The SMILES string of the molecule is CC(C)Cc1nnc(NC(=O)NC(CO)C(=O)O)s1. The number of aliphatic hydroxyl groups excluding tert-OH is 1. The highest BCUT2D eigenvalue weighted by Crippen LogP contribution is 2.17. The molecule has 8 nitrogen and oxygen atoms in total. The summed E-state index contributed by atoms with van der Waals surface area (Å²) in [5.41, 5.74) is 0. The van der Waals surface area contributed by atoms with Gasteiger partial charge in [-0.15, -0.1) is 10.2 Å². The fourth-order valence-corrected chi connectivity index (χ4v) is 2.16. The summed E-state index contributed by atoms with van der Waals surface area (Å²) < 4.78 is 0. The molecule has 1 atom stereocenters. The minimum Gasteiger partial charge on any atom is -0.480 e. The Morgan fingerprint density at radius 3 is 2.58 bits per heavy atom. The van der Waals surface area contributed by atoms with E-state index in [0.717, 1.165) is 11.4 Å². The van der Waals surface area contributed by atoms with E-state index < -0.39 is 24.6 Å². The summed E-state index contributed by atoms with van der Waals surface area (Å²) in [5, 5.41) is 30.7. The zero-order chi connectivity index (χ0) is 14.4. The number of hydrogen-bond acceptors (Lipinski definition) is 6. The van der Waals surface area contributed by atoms with E-state index in [9.17, 15) is 9.59 Å². The van der Waals surface area contributed by atoms with Crippen LogP contribution in [0.4, 0.5) is 9.93 Å². The minimum absolute atomic E-state index is 0.287. The Kier molecular flexibility index (Phi) is 5.64. The number of carbonyl (C=O) groups is 2. The molecule has 1 aromatic rings. The quantitative estimate of drug-likeness (QED) is 0.597. The fourth-order valence-electron chi connectivity index (χ4n) is 1.21. The van der Waals surface area contributed by atoms with Gasteiger partial charge < -0.3 is 15.5 Å². The van der Waals surface area contributed by atoms with Gasteiger partial charge in [0.1, 0.15) is 5.01 Å². The molecule has 2 amide bonds. The second-order valence-electron chi connectivity index (χ2n) is 4.27. The highest BCUT2D eigenvalue weighted by atomic mass is 32.1. The molecule has 9 heteroatoms. The third-order valence-corrected chi connectivity index (χ3v) is 2.92. The van der Waals surface area contributed by atoms with E-state index in [1.54, 1.807) is 0 Å². The summed E-state index contributed by atoms with van der Waals surface area (Å²) >= 11 is 1.23. The standard InChI is InChI=1S/C10H16N4O4S/c1-5(2)3-7-13-14-10(19-7)12-9(18)11-6(4-15)8(16)17/h5-6,15H,3-4H2,1-2H3,(H,16,17)(H2,11,12,14,18). The van der Waals surface area contributed by atoms with Gasteiger partial charge in [-0.3, -0.25) is 5.32 Å². The van der Waals surface area contributed by atoms with Gasteiger partial charge in [0.15, 0.2) is 6.04 Å². The van der Waals surface area contributed by atoms with Crippen LogP contribution in [-0.4, -0.2) is 45.1 Å². The number of amides is 2. The molecule has 1 unspecified atom stereocenters. The van der Waals surface area contributed by atoms with Crippen molar-refractivity contribution in [2.24, 2.45) is 5.92 Å². The highest BCUT2D eigenvalue weighted by Gasteiger charge is 2.19. The summed E-state index contributed by atoms with van der Waals surface area (Å²) in [7, 11) is 0. The molecule has 0 saturated carbocycles. The van der Waals surface area contributed by atoms with E-state index in [-0.39, 0.29) is 5.13 Å². The van der Waals surface area contributed by atoms with E-state index in [0.29, 0.717) is 5.92 Å². The molecule has 0 aliphatic carbocycles. The fraction of sp³-hybridized carbons (Fsp3) is 0.600.